The fourth-order valence-corrected chi connectivity index (χ4v) is 6.21. The number of halogens is 3. The van der Waals surface area contributed by atoms with Crippen LogP contribution in [0.15, 0.2) is 30.3 Å². The Kier molecular flexibility index (Phi) is 6.09. The van der Waals surface area contributed by atoms with Gasteiger partial charge in [-0.2, -0.15) is 11.8 Å². The van der Waals surface area contributed by atoms with E-state index in [1.807, 2.05) is 42.3 Å². The third-order valence-electron chi connectivity index (χ3n) is 6.19. The first-order valence-corrected chi connectivity index (χ1v) is 12.5. The number of hydrogen-bond acceptors (Lipinski definition) is 5. The lowest BCUT2D eigenvalue weighted by Gasteiger charge is -2.35. The van der Waals surface area contributed by atoms with Gasteiger partial charge in [0, 0.05) is 46.3 Å². The zero-order valence-electron chi connectivity index (χ0n) is 17.8. The van der Waals surface area contributed by atoms with Gasteiger partial charge in [-0.05, 0) is 50.1 Å². The van der Waals surface area contributed by atoms with Crippen LogP contribution in [0.4, 0.5) is 4.39 Å². The van der Waals surface area contributed by atoms with Gasteiger partial charge in [-0.25, -0.2) is 4.39 Å². The molecule has 5 nitrogen and oxygen atoms in total. The zero-order chi connectivity index (χ0) is 22.4. The molecule has 0 radical (unpaired) electrons. The van der Waals surface area contributed by atoms with Gasteiger partial charge in [-0.15, -0.1) is 10.2 Å². The van der Waals surface area contributed by atoms with Gasteiger partial charge in [0.05, 0.1) is 11.7 Å². The van der Waals surface area contributed by atoms with Gasteiger partial charge in [-0.1, -0.05) is 23.2 Å². The van der Waals surface area contributed by atoms with Gasteiger partial charge in [0.1, 0.15) is 17.8 Å². The van der Waals surface area contributed by atoms with E-state index in [0.29, 0.717) is 27.4 Å². The number of aromatic nitrogens is 3. The topological polar surface area (TPSA) is 43.2 Å². The van der Waals surface area contributed by atoms with Crippen molar-refractivity contribution in [3.8, 4) is 11.4 Å². The normalized spacial score (nSPS) is 21.0. The molecule has 168 valence electrons. The van der Waals surface area contributed by atoms with Crippen LogP contribution in [0.25, 0.3) is 5.69 Å². The van der Waals surface area contributed by atoms with Gasteiger partial charge in [-0.3, -0.25) is 9.47 Å². The van der Waals surface area contributed by atoms with Crippen molar-refractivity contribution in [2.24, 2.45) is 0 Å². The summed E-state index contributed by atoms with van der Waals surface area (Å²) in [5.74, 6) is 3.34. The molecule has 2 atom stereocenters. The van der Waals surface area contributed by atoms with E-state index in [-0.39, 0.29) is 17.9 Å². The third kappa shape index (κ3) is 4.00. The molecule has 1 aromatic heterocycles. The highest BCUT2D eigenvalue weighted by atomic mass is 35.5. The molecule has 0 spiro atoms. The minimum absolute atomic E-state index is 0.0864. The Balaban J connectivity index is 1.49. The summed E-state index contributed by atoms with van der Waals surface area (Å²) in [6.45, 7) is 5.63. The standard InChI is InChI=1S/C23H23Cl2FN4OS/c1-13-27-28-14(2)30(13)16-3-4-22(20(26)11-16)31-23-18-9-15(24)10-19(25)17(18)12-21(23)29-5-7-32-8-6-29/h3-4,9-11,21,23H,5-8,12H2,1-2H3. The average molecular weight is 493 g/mol. The molecular weight excluding hydrogens is 470 g/mol. The molecule has 1 aliphatic heterocycles. The lowest BCUT2D eigenvalue weighted by atomic mass is 10.1. The third-order valence-corrected chi connectivity index (χ3v) is 7.69. The van der Waals surface area contributed by atoms with Gasteiger partial charge in [0.15, 0.2) is 11.6 Å². The summed E-state index contributed by atoms with van der Waals surface area (Å²) in [5, 5.41) is 9.32. The van der Waals surface area contributed by atoms with E-state index >= 15 is 4.39 Å². The zero-order valence-corrected chi connectivity index (χ0v) is 20.1. The van der Waals surface area contributed by atoms with Crippen molar-refractivity contribution in [3.05, 3.63) is 69.0 Å². The van der Waals surface area contributed by atoms with Crippen LogP contribution in [0, 0.1) is 19.7 Å². The van der Waals surface area contributed by atoms with E-state index in [0.717, 1.165) is 42.1 Å². The van der Waals surface area contributed by atoms with Crippen LogP contribution in [0.3, 0.4) is 0 Å². The molecule has 1 saturated heterocycles. The minimum Gasteiger partial charge on any atom is -0.481 e. The van der Waals surface area contributed by atoms with Crippen molar-refractivity contribution in [1.29, 1.82) is 0 Å². The molecule has 2 unspecified atom stereocenters. The molecule has 5 rings (SSSR count). The molecule has 9 heteroatoms. The fraction of sp³-hybridized carbons (Fsp3) is 0.391. The highest BCUT2D eigenvalue weighted by Crippen LogP contribution is 2.43. The van der Waals surface area contributed by atoms with Gasteiger partial charge in [0.25, 0.3) is 0 Å². The van der Waals surface area contributed by atoms with Crippen LogP contribution in [0.5, 0.6) is 5.75 Å². The number of nitrogens with zero attached hydrogens (tertiary/aromatic N) is 4. The highest BCUT2D eigenvalue weighted by molar-refractivity contribution is 7.99. The molecule has 1 fully saturated rings. The molecule has 2 aliphatic rings. The average Bonchev–Trinajstić information content (AvgIpc) is 3.30. The van der Waals surface area contributed by atoms with E-state index in [1.165, 1.54) is 6.07 Å². The second kappa shape index (κ2) is 8.86. The molecule has 2 heterocycles. The fourth-order valence-electron chi connectivity index (χ4n) is 4.69. The Morgan fingerprint density at radius 3 is 2.47 bits per heavy atom. The number of hydrogen-bond donors (Lipinski definition) is 0. The van der Waals surface area contributed by atoms with Crippen molar-refractivity contribution in [2.75, 3.05) is 24.6 Å². The number of ether oxygens (including phenoxy) is 1. The number of fused-ring (bicyclic) bond motifs is 1. The predicted molar refractivity (Wildman–Crippen MR) is 127 cm³/mol. The van der Waals surface area contributed by atoms with E-state index in [9.17, 15) is 0 Å². The Morgan fingerprint density at radius 2 is 1.78 bits per heavy atom. The van der Waals surface area contributed by atoms with E-state index in [1.54, 1.807) is 12.1 Å². The van der Waals surface area contributed by atoms with Crippen LogP contribution >= 0.6 is 35.0 Å². The molecule has 0 amide bonds. The molecule has 0 N–H and O–H groups in total. The summed E-state index contributed by atoms with van der Waals surface area (Å²) in [6.07, 6.45) is 0.419. The van der Waals surface area contributed by atoms with Crippen molar-refractivity contribution in [2.45, 2.75) is 32.4 Å². The Hall–Kier alpha value is -1.80. The highest BCUT2D eigenvalue weighted by Gasteiger charge is 2.40. The summed E-state index contributed by atoms with van der Waals surface area (Å²) >= 11 is 14.8. The first-order valence-electron chi connectivity index (χ1n) is 10.6. The smallest absolute Gasteiger partial charge is 0.167 e. The summed E-state index contributed by atoms with van der Waals surface area (Å²) in [5.41, 5.74) is 2.65. The maximum Gasteiger partial charge on any atom is 0.167 e. The molecular formula is C23H23Cl2FN4OS. The van der Waals surface area contributed by atoms with Crippen LogP contribution in [0.1, 0.15) is 28.9 Å². The minimum atomic E-state index is -0.426. The summed E-state index contributed by atoms with van der Waals surface area (Å²) in [6, 6.07) is 8.73. The lowest BCUT2D eigenvalue weighted by Crippen LogP contribution is -2.44. The maximum absolute atomic E-state index is 15.2. The number of benzene rings is 2. The SMILES string of the molecule is Cc1nnc(C)n1-c1ccc(OC2c3cc(Cl)cc(Cl)c3CC2N2CCSCC2)c(F)c1. The largest absolute Gasteiger partial charge is 0.481 e. The first kappa shape index (κ1) is 22.0. The van der Waals surface area contributed by atoms with Crippen LogP contribution < -0.4 is 4.74 Å². The Labute approximate surface area is 200 Å². The molecule has 0 bridgehead atoms. The molecule has 2 aromatic carbocycles. The maximum atomic E-state index is 15.2. The molecule has 1 aliphatic carbocycles. The summed E-state index contributed by atoms with van der Waals surface area (Å²) < 4.78 is 23.4. The van der Waals surface area contributed by atoms with Crippen molar-refractivity contribution in [1.82, 2.24) is 19.7 Å². The Bertz CT molecular complexity index is 1150. The second-order valence-electron chi connectivity index (χ2n) is 8.16. The lowest BCUT2D eigenvalue weighted by molar-refractivity contribution is 0.0815. The van der Waals surface area contributed by atoms with Crippen LogP contribution in [-0.2, 0) is 6.42 Å². The van der Waals surface area contributed by atoms with Gasteiger partial charge >= 0.3 is 0 Å². The molecule has 32 heavy (non-hydrogen) atoms. The Morgan fingerprint density at radius 1 is 1.06 bits per heavy atom. The van der Waals surface area contributed by atoms with E-state index < -0.39 is 5.82 Å². The quantitative estimate of drug-likeness (QED) is 0.486. The first-order chi connectivity index (χ1) is 15.4. The molecule has 3 aromatic rings. The van der Waals surface area contributed by atoms with E-state index in [4.69, 9.17) is 27.9 Å². The summed E-state index contributed by atoms with van der Waals surface area (Å²) in [7, 11) is 0. The van der Waals surface area contributed by atoms with Gasteiger partial charge < -0.3 is 4.74 Å². The second-order valence-corrected chi connectivity index (χ2v) is 10.2. The van der Waals surface area contributed by atoms with Crippen LogP contribution in [-0.4, -0.2) is 50.3 Å². The van der Waals surface area contributed by atoms with Crippen molar-refractivity contribution in [3.63, 3.8) is 0 Å². The van der Waals surface area contributed by atoms with Gasteiger partial charge in [0.2, 0.25) is 0 Å². The molecule has 0 saturated carbocycles. The van der Waals surface area contributed by atoms with Crippen molar-refractivity contribution < 1.29 is 9.13 Å². The predicted octanol–water partition coefficient (Wildman–Crippen LogP) is 5.42. The monoisotopic (exact) mass is 492 g/mol. The van der Waals surface area contributed by atoms with Crippen LogP contribution in [0.2, 0.25) is 10.0 Å². The van der Waals surface area contributed by atoms with E-state index in [2.05, 4.69) is 15.1 Å². The van der Waals surface area contributed by atoms with Crippen molar-refractivity contribution >= 4 is 35.0 Å². The number of aryl methyl sites for hydroxylation is 2. The number of thioether (sulfide) groups is 1. The number of rotatable bonds is 4. The summed E-state index contributed by atoms with van der Waals surface area (Å²) in [4.78, 5) is 2.43.